The van der Waals surface area contributed by atoms with Gasteiger partial charge in [0.05, 0.1) is 17.0 Å². The Kier molecular flexibility index (Phi) is 8.79. The Bertz CT molecular complexity index is 1120. The Morgan fingerprint density at radius 1 is 1.00 bits per heavy atom. The molecule has 0 heterocycles. The first-order chi connectivity index (χ1) is 15.2. The van der Waals surface area contributed by atoms with Crippen LogP contribution in [-0.2, 0) is 26.2 Å². The summed E-state index contributed by atoms with van der Waals surface area (Å²) in [6.45, 7) is 6.59. The Balaban J connectivity index is 2.43. The van der Waals surface area contributed by atoms with Crippen LogP contribution in [0.4, 0.5) is 5.69 Å². The number of carbonyl (C=O) groups is 2. The minimum absolute atomic E-state index is 0.0252. The summed E-state index contributed by atoms with van der Waals surface area (Å²) >= 11 is 12.5. The largest absolute Gasteiger partial charge is 0.350 e. The molecule has 0 bridgehead atoms. The van der Waals surface area contributed by atoms with Crippen molar-refractivity contribution in [1.82, 2.24) is 10.2 Å². The van der Waals surface area contributed by atoms with Crippen LogP contribution in [0.5, 0.6) is 0 Å². The molecular weight excluding hydrogens is 485 g/mol. The van der Waals surface area contributed by atoms with E-state index >= 15 is 0 Å². The zero-order valence-electron chi connectivity index (χ0n) is 19.3. The van der Waals surface area contributed by atoms with Crippen LogP contribution in [0.25, 0.3) is 0 Å². The minimum Gasteiger partial charge on any atom is -0.350 e. The topological polar surface area (TPSA) is 86.8 Å². The fourth-order valence-corrected chi connectivity index (χ4v) is 4.46. The van der Waals surface area contributed by atoms with Gasteiger partial charge in [0, 0.05) is 17.1 Å². The van der Waals surface area contributed by atoms with Gasteiger partial charge in [-0.15, -0.1) is 0 Å². The third-order valence-electron chi connectivity index (χ3n) is 4.76. The average molecular weight is 514 g/mol. The van der Waals surface area contributed by atoms with Gasteiger partial charge in [0.1, 0.15) is 12.6 Å². The second-order valence-electron chi connectivity index (χ2n) is 8.75. The van der Waals surface area contributed by atoms with Crippen molar-refractivity contribution in [3.8, 4) is 0 Å². The maximum atomic E-state index is 13.5. The fourth-order valence-electron chi connectivity index (χ4n) is 3.12. The van der Waals surface area contributed by atoms with Gasteiger partial charge in [-0.05, 0) is 51.5 Å². The molecule has 33 heavy (non-hydrogen) atoms. The Morgan fingerprint density at radius 2 is 1.55 bits per heavy atom. The van der Waals surface area contributed by atoms with E-state index < -0.39 is 34.1 Å². The van der Waals surface area contributed by atoms with Crippen LogP contribution < -0.4 is 9.62 Å². The van der Waals surface area contributed by atoms with Crippen molar-refractivity contribution in [2.45, 2.75) is 45.8 Å². The van der Waals surface area contributed by atoms with Crippen molar-refractivity contribution in [1.29, 1.82) is 0 Å². The number of benzene rings is 2. The monoisotopic (exact) mass is 513 g/mol. The van der Waals surface area contributed by atoms with Gasteiger partial charge in [-0.25, -0.2) is 8.42 Å². The fraction of sp³-hybridized carbons (Fsp3) is 0.391. The second-order valence-corrected chi connectivity index (χ2v) is 11.5. The molecule has 0 spiro atoms. The van der Waals surface area contributed by atoms with Gasteiger partial charge in [-0.3, -0.25) is 13.9 Å². The number of nitrogens with one attached hydrogen (secondary N) is 1. The first-order valence-corrected chi connectivity index (χ1v) is 12.9. The van der Waals surface area contributed by atoms with E-state index in [4.69, 9.17) is 23.2 Å². The van der Waals surface area contributed by atoms with Gasteiger partial charge in [-0.2, -0.15) is 0 Å². The number of hydrogen-bond acceptors (Lipinski definition) is 4. The quantitative estimate of drug-likeness (QED) is 0.575. The van der Waals surface area contributed by atoms with Gasteiger partial charge in [0.25, 0.3) is 0 Å². The van der Waals surface area contributed by atoms with Crippen LogP contribution in [-0.4, -0.2) is 49.5 Å². The molecule has 1 N–H and O–H groups in total. The number of anilines is 1. The van der Waals surface area contributed by atoms with Gasteiger partial charge in [0.15, 0.2) is 0 Å². The lowest BCUT2D eigenvalue weighted by molar-refractivity contribution is -0.140. The van der Waals surface area contributed by atoms with Crippen molar-refractivity contribution in [2.24, 2.45) is 0 Å². The molecule has 10 heteroatoms. The molecule has 0 fully saturated rings. The van der Waals surface area contributed by atoms with Crippen LogP contribution in [0.3, 0.4) is 0 Å². The van der Waals surface area contributed by atoms with E-state index in [1.54, 1.807) is 49.4 Å². The second kappa shape index (κ2) is 10.8. The first kappa shape index (κ1) is 27.0. The predicted octanol–water partition coefficient (Wildman–Crippen LogP) is 4.09. The van der Waals surface area contributed by atoms with E-state index in [1.165, 1.54) is 11.0 Å². The molecule has 2 aromatic carbocycles. The van der Waals surface area contributed by atoms with E-state index in [0.717, 1.165) is 10.6 Å². The summed E-state index contributed by atoms with van der Waals surface area (Å²) in [5, 5.41) is 3.48. The van der Waals surface area contributed by atoms with E-state index in [0.29, 0.717) is 10.6 Å². The number of sulfonamides is 1. The maximum absolute atomic E-state index is 13.5. The van der Waals surface area contributed by atoms with E-state index in [2.05, 4.69) is 5.32 Å². The van der Waals surface area contributed by atoms with Crippen LogP contribution in [0.1, 0.15) is 33.3 Å². The van der Waals surface area contributed by atoms with Crippen molar-refractivity contribution >= 4 is 50.7 Å². The summed E-state index contributed by atoms with van der Waals surface area (Å²) in [7, 11) is -3.85. The predicted molar refractivity (Wildman–Crippen MR) is 133 cm³/mol. The first-order valence-electron chi connectivity index (χ1n) is 10.3. The highest BCUT2D eigenvalue weighted by Gasteiger charge is 2.32. The summed E-state index contributed by atoms with van der Waals surface area (Å²) in [6.07, 6.45) is 0.998. The van der Waals surface area contributed by atoms with Gasteiger partial charge < -0.3 is 10.2 Å². The molecule has 0 saturated heterocycles. The number of carbonyl (C=O) groups excluding carboxylic acids is 2. The molecule has 0 aliphatic rings. The third-order valence-corrected chi connectivity index (χ3v) is 6.58. The molecule has 2 amide bonds. The van der Waals surface area contributed by atoms with Crippen LogP contribution >= 0.6 is 23.2 Å². The molecule has 0 aliphatic heterocycles. The standard InChI is InChI=1S/C23H29Cl2N3O4S/c1-16(22(30)26-23(2,3)4)27(14-17-10-6-7-11-18(17)24)21(29)15-28(33(5,31)32)20-13-9-8-12-19(20)25/h6-13,16H,14-15H2,1-5H3,(H,26,30)/t16-/m1/s1. The van der Waals surface area contributed by atoms with Crippen molar-refractivity contribution in [3.63, 3.8) is 0 Å². The van der Waals surface area contributed by atoms with Crippen LogP contribution in [0.2, 0.25) is 10.0 Å². The summed E-state index contributed by atoms with van der Waals surface area (Å²) < 4.78 is 26.0. The van der Waals surface area contributed by atoms with E-state index in [9.17, 15) is 18.0 Å². The molecule has 180 valence electrons. The molecule has 2 aromatic rings. The minimum atomic E-state index is -3.85. The van der Waals surface area contributed by atoms with Gasteiger partial charge >= 0.3 is 0 Å². The molecular formula is C23H29Cl2N3O4S. The average Bonchev–Trinajstić information content (AvgIpc) is 2.69. The van der Waals surface area contributed by atoms with E-state index in [-0.39, 0.29) is 23.2 Å². The molecule has 0 radical (unpaired) electrons. The van der Waals surface area contributed by atoms with Crippen molar-refractivity contribution < 1.29 is 18.0 Å². The maximum Gasteiger partial charge on any atom is 0.244 e. The van der Waals surface area contributed by atoms with E-state index in [1.807, 2.05) is 20.8 Å². The molecule has 2 rings (SSSR count). The normalized spacial score (nSPS) is 12.7. The lowest BCUT2D eigenvalue weighted by Gasteiger charge is -2.33. The SMILES string of the molecule is C[C@H](C(=O)NC(C)(C)C)N(Cc1ccccc1Cl)C(=O)CN(c1ccccc1Cl)S(C)(=O)=O. The number of para-hydroxylation sites is 1. The third kappa shape index (κ3) is 7.62. The molecule has 0 saturated carbocycles. The summed E-state index contributed by atoms with van der Waals surface area (Å²) in [5.74, 6) is -0.941. The molecule has 1 atom stereocenters. The van der Waals surface area contributed by atoms with Gasteiger partial charge in [-0.1, -0.05) is 53.5 Å². The number of rotatable bonds is 8. The number of halogens is 2. The van der Waals surface area contributed by atoms with Crippen molar-refractivity contribution in [2.75, 3.05) is 17.1 Å². The molecule has 7 nitrogen and oxygen atoms in total. The Hall–Kier alpha value is -2.29. The van der Waals surface area contributed by atoms with Crippen LogP contribution in [0, 0.1) is 0 Å². The number of amides is 2. The smallest absolute Gasteiger partial charge is 0.244 e. The number of nitrogens with zero attached hydrogens (tertiary/aromatic N) is 2. The lowest BCUT2D eigenvalue weighted by atomic mass is 10.1. The summed E-state index contributed by atoms with van der Waals surface area (Å²) in [6, 6.07) is 12.4. The number of hydrogen-bond donors (Lipinski definition) is 1. The summed E-state index contributed by atoms with van der Waals surface area (Å²) in [5.41, 5.74) is 0.298. The highest BCUT2D eigenvalue weighted by Crippen LogP contribution is 2.28. The van der Waals surface area contributed by atoms with Crippen molar-refractivity contribution in [3.05, 3.63) is 64.1 Å². The van der Waals surface area contributed by atoms with Gasteiger partial charge in [0.2, 0.25) is 21.8 Å². The molecule has 0 aliphatic carbocycles. The Morgan fingerprint density at radius 3 is 2.06 bits per heavy atom. The lowest BCUT2D eigenvalue weighted by Crippen LogP contribution is -2.54. The molecule has 0 unspecified atom stereocenters. The zero-order valence-corrected chi connectivity index (χ0v) is 21.6. The highest BCUT2D eigenvalue weighted by atomic mass is 35.5. The Labute approximate surface area is 205 Å². The summed E-state index contributed by atoms with van der Waals surface area (Å²) in [4.78, 5) is 27.7. The van der Waals surface area contributed by atoms with Crippen LogP contribution in [0.15, 0.2) is 48.5 Å². The highest BCUT2D eigenvalue weighted by molar-refractivity contribution is 7.92. The molecule has 0 aromatic heterocycles. The zero-order chi connectivity index (χ0) is 25.0.